The molecule has 4 aliphatic heterocycles. The number of piperidine rings is 4. The normalized spacial score (nSPS) is 27.4. The summed E-state index contributed by atoms with van der Waals surface area (Å²) >= 11 is 0. The van der Waals surface area contributed by atoms with Crippen molar-refractivity contribution < 1.29 is 4.74 Å². The molecule has 8 heteroatoms. The molecule has 4 aliphatic rings. The Bertz CT molecular complexity index is 990. The lowest BCUT2D eigenvalue weighted by Gasteiger charge is -2.57. The predicted octanol–water partition coefficient (Wildman–Crippen LogP) is 2.63. The van der Waals surface area contributed by atoms with Crippen LogP contribution in [-0.2, 0) is 0 Å². The molecule has 4 fully saturated rings. The first-order valence-corrected chi connectivity index (χ1v) is 10.2. The minimum atomic E-state index is 0.571. The van der Waals surface area contributed by atoms with E-state index in [1.54, 1.807) is 17.2 Å². The van der Waals surface area contributed by atoms with E-state index in [2.05, 4.69) is 37.4 Å². The van der Waals surface area contributed by atoms with Gasteiger partial charge in [0.25, 0.3) is 0 Å². The zero-order valence-corrected chi connectivity index (χ0v) is 16.3. The Balaban J connectivity index is 1.26. The van der Waals surface area contributed by atoms with Gasteiger partial charge in [0.1, 0.15) is 17.9 Å². The molecular weight excluding hydrogens is 366 g/mol. The van der Waals surface area contributed by atoms with Crippen molar-refractivity contribution in [2.45, 2.75) is 56.8 Å². The highest BCUT2D eigenvalue weighted by molar-refractivity contribution is 5.54. The summed E-state index contributed by atoms with van der Waals surface area (Å²) in [6.45, 7) is 2.07. The molecule has 4 saturated heterocycles. The second-order valence-corrected chi connectivity index (χ2v) is 8.29. The van der Waals surface area contributed by atoms with Crippen molar-refractivity contribution in [3.05, 3.63) is 48.5 Å². The molecule has 0 saturated carbocycles. The van der Waals surface area contributed by atoms with Crippen molar-refractivity contribution in [2.24, 2.45) is 0 Å². The van der Waals surface area contributed by atoms with E-state index in [4.69, 9.17) is 4.74 Å². The predicted molar refractivity (Wildman–Crippen MR) is 107 cm³/mol. The molecule has 0 radical (unpaired) electrons. The van der Waals surface area contributed by atoms with Crippen molar-refractivity contribution in [3.63, 3.8) is 0 Å². The van der Waals surface area contributed by atoms with Crippen LogP contribution in [0.15, 0.2) is 43.0 Å². The molecule has 148 valence electrons. The molecule has 7 rings (SSSR count). The third-order valence-corrected chi connectivity index (χ3v) is 6.48. The van der Waals surface area contributed by atoms with Crippen molar-refractivity contribution in [3.8, 4) is 17.3 Å². The molecule has 3 aromatic rings. The van der Waals surface area contributed by atoms with Crippen LogP contribution in [0.4, 0.5) is 5.82 Å². The maximum absolute atomic E-state index is 6.13. The standard InChI is InChI=1S/C21H23N7O/c1-13-20(28-17-8-14-9-18(28)11-15(10-17)25-14)22-12-23-21(13)29-19-4-2-16(3-5-19)27-7-6-24-26-27/h2-7,12,14-15,17-18,25H,8-11H2,1H3. The van der Waals surface area contributed by atoms with Crippen LogP contribution < -0.4 is 15.0 Å². The van der Waals surface area contributed by atoms with Crippen LogP contribution in [0, 0.1) is 6.92 Å². The number of hydrogen-bond acceptors (Lipinski definition) is 7. The molecule has 29 heavy (non-hydrogen) atoms. The average molecular weight is 389 g/mol. The van der Waals surface area contributed by atoms with E-state index >= 15 is 0 Å². The third kappa shape index (κ3) is 2.86. The topological polar surface area (TPSA) is 81.0 Å². The molecule has 2 aromatic heterocycles. The van der Waals surface area contributed by atoms with Gasteiger partial charge < -0.3 is 15.0 Å². The zero-order chi connectivity index (χ0) is 19.4. The minimum Gasteiger partial charge on any atom is -0.439 e. The highest BCUT2D eigenvalue weighted by Gasteiger charge is 2.47. The van der Waals surface area contributed by atoms with Crippen LogP contribution in [0.1, 0.15) is 31.2 Å². The van der Waals surface area contributed by atoms with Gasteiger partial charge in [0.05, 0.1) is 23.6 Å². The van der Waals surface area contributed by atoms with E-state index in [9.17, 15) is 0 Å². The van der Waals surface area contributed by atoms with Crippen LogP contribution in [-0.4, -0.2) is 49.1 Å². The molecule has 0 amide bonds. The monoisotopic (exact) mass is 389 g/mol. The number of aromatic nitrogens is 5. The van der Waals surface area contributed by atoms with Crippen LogP contribution in [0.2, 0.25) is 0 Å². The van der Waals surface area contributed by atoms with Crippen molar-refractivity contribution >= 4 is 5.82 Å². The number of nitrogens with zero attached hydrogens (tertiary/aromatic N) is 6. The maximum atomic E-state index is 6.13. The highest BCUT2D eigenvalue weighted by Crippen LogP contribution is 2.43. The summed E-state index contributed by atoms with van der Waals surface area (Å²) in [6.07, 6.45) is 9.92. The molecule has 1 aromatic carbocycles. The fourth-order valence-electron chi connectivity index (χ4n) is 5.32. The van der Waals surface area contributed by atoms with E-state index in [1.165, 1.54) is 25.7 Å². The largest absolute Gasteiger partial charge is 0.439 e. The van der Waals surface area contributed by atoms with Gasteiger partial charge in [-0.25, -0.2) is 14.6 Å². The Morgan fingerprint density at radius 3 is 2.38 bits per heavy atom. The van der Waals surface area contributed by atoms with Crippen molar-refractivity contribution in [1.82, 2.24) is 30.3 Å². The molecule has 0 atom stereocenters. The zero-order valence-electron chi connectivity index (χ0n) is 16.3. The number of hydrogen-bond donors (Lipinski definition) is 1. The number of nitrogens with one attached hydrogen (secondary N) is 1. The number of anilines is 1. The van der Waals surface area contributed by atoms with Gasteiger partial charge >= 0.3 is 0 Å². The molecule has 0 spiro atoms. The van der Waals surface area contributed by atoms with Gasteiger partial charge in [-0.05, 0) is 56.9 Å². The molecule has 0 aliphatic carbocycles. The SMILES string of the molecule is Cc1c(Oc2ccc(-n3ccnn3)cc2)ncnc1N1C2CC3CC1CC(C2)N3. The summed E-state index contributed by atoms with van der Waals surface area (Å²) in [5.74, 6) is 2.39. The second kappa shape index (κ2) is 6.52. The van der Waals surface area contributed by atoms with Gasteiger partial charge in [-0.3, -0.25) is 0 Å². The summed E-state index contributed by atoms with van der Waals surface area (Å²) in [4.78, 5) is 11.6. The minimum absolute atomic E-state index is 0.571. The second-order valence-electron chi connectivity index (χ2n) is 8.29. The summed E-state index contributed by atoms with van der Waals surface area (Å²) in [7, 11) is 0. The third-order valence-electron chi connectivity index (χ3n) is 6.48. The number of ether oxygens (including phenoxy) is 1. The number of rotatable bonds is 4. The van der Waals surface area contributed by atoms with Crippen molar-refractivity contribution in [2.75, 3.05) is 4.90 Å². The first-order valence-electron chi connectivity index (χ1n) is 10.2. The molecule has 4 bridgehead atoms. The smallest absolute Gasteiger partial charge is 0.227 e. The molecule has 1 N–H and O–H groups in total. The van der Waals surface area contributed by atoms with Gasteiger partial charge in [-0.2, -0.15) is 0 Å². The van der Waals surface area contributed by atoms with Crippen LogP contribution in [0.25, 0.3) is 5.69 Å². The summed E-state index contributed by atoms with van der Waals surface area (Å²) in [5, 5.41) is 11.6. The Morgan fingerprint density at radius 1 is 1.00 bits per heavy atom. The average Bonchev–Trinajstić information content (AvgIpc) is 3.25. The Morgan fingerprint density at radius 2 is 1.72 bits per heavy atom. The maximum Gasteiger partial charge on any atom is 0.227 e. The fraction of sp³-hybridized carbons (Fsp3) is 0.429. The van der Waals surface area contributed by atoms with Gasteiger partial charge in [0.15, 0.2) is 0 Å². The lowest BCUT2D eigenvalue weighted by Crippen LogP contribution is -2.68. The summed E-state index contributed by atoms with van der Waals surface area (Å²) < 4.78 is 7.84. The summed E-state index contributed by atoms with van der Waals surface area (Å²) in [5.41, 5.74) is 1.94. The van der Waals surface area contributed by atoms with Gasteiger partial charge in [-0.1, -0.05) is 5.21 Å². The van der Waals surface area contributed by atoms with E-state index < -0.39 is 0 Å². The summed E-state index contributed by atoms with van der Waals surface area (Å²) in [6, 6.07) is 10.3. The Kier molecular flexibility index (Phi) is 3.80. The van der Waals surface area contributed by atoms with Crippen LogP contribution >= 0.6 is 0 Å². The van der Waals surface area contributed by atoms with Crippen LogP contribution in [0.5, 0.6) is 11.6 Å². The lowest BCUT2D eigenvalue weighted by molar-refractivity contribution is 0.133. The molecular formula is C21H23N7O. The Hall–Kier alpha value is -3.00. The van der Waals surface area contributed by atoms with E-state index in [0.29, 0.717) is 30.0 Å². The first-order chi connectivity index (χ1) is 14.2. The Labute approximate surface area is 168 Å². The van der Waals surface area contributed by atoms with Crippen molar-refractivity contribution in [1.29, 1.82) is 0 Å². The highest BCUT2D eigenvalue weighted by atomic mass is 16.5. The molecule has 0 unspecified atom stereocenters. The number of benzene rings is 1. The molecule has 6 heterocycles. The fourth-order valence-corrected chi connectivity index (χ4v) is 5.32. The van der Waals surface area contributed by atoms with E-state index in [1.807, 2.05) is 30.5 Å². The van der Waals surface area contributed by atoms with Gasteiger partial charge in [0, 0.05) is 24.2 Å². The van der Waals surface area contributed by atoms with E-state index in [0.717, 1.165) is 22.8 Å². The first kappa shape index (κ1) is 16.9. The lowest BCUT2D eigenvalue weighted by atomic mass is 9.74. The molecule has 8 nitrogen and oxygen atoms in total. The quantitative estimate of drug-likeness (QED) is 0.735. The van der Waals surface area contributed by atoms with E-state index in [-0.39, 0.29) is 0 Å². The van der Waals surface area contributed by atoms with Gasteiger partial charge in [0.2, 0.25) is 5.88 Å². The van der Waals surface area contributed by atoms with Crippen LogP contribution in [0.3, 0.4) is 0 Å². The van der Waals surface area contributed by atoms with Gasteiger partial charge in [-0.15, -0.1) is 5.10 Å².